The average Bonchev–Trinajstić information content (AvgIpc) is 2.56. The van der Waals surface area contributed by atoms with Gasteiger partial charge < -0.3 is 10.2 Å². The van der Waals surface area contributed by atoms with Crippen LogP contribution < -0.4 is 10.2 Å². The first-order valence-electron chi connectivity index (χ1n) is 7.06. The SMILES string of the molecule is Cc1ccc(N2C(C)CCNCC2CC#N)cc1C. The smallest absolute Gasteiger partial charge is 0.0643 e. The second kappa shape index (κ2) is 6.08. The number of rotatable bonds is 2. The van der Waals surface area contributed by atoms with Gasteiger partial charge in [0.25, 0.3) is 0 Å². The predicted octanol–water partition coefficient (Wildman–Crippen LogP) is 2.77. The maximum Gasteiger partial charge on any atom is 0.0643 e. The molecule has 0 amide bonds. The van der Waals surface area contributed by atoms with Crippen LogP contribution in [0.5, 0.6) is 0 Å². The third kappa shape index (κ3) is 3.08. The number of hydrogen-bond acceptors (Lipinski definition) is 3. The third-order valence-electron chi connectivity index (χ3n) is 4.10. The van der Waals surface area contributed by atoms with Crippen molar-refractivity contribution in [2.24, 2.45) is 0 Å². The Hall–Kier alpha value is -1.53. The summed E-state index contributed by atoms with van der Waals surface area (Å²) in [5.74, 6) is 0. The number of aryl methyl sites for hydroxylation is 2. The van der Waals surface area contributed by atoms with E-state index in [1.54, 1.807) is 0 Å². The van der Waals surface area contributed by atoms with Crippen molar-refractivity contribution in [1.82, 2.24) is 5.32 Å². The Morgan fingerprint density at radius 2 is 2.16 bits per heavy atom. The van der Waals surface area contributed by atoms with Gasteiger partial charge in [-0.15, -0.1) is 0 Å². The molecule has 1 saturated heterocycles. The first-order valence-corrected chi connectivity index (χ1v) is 7.06. The quantitative estimate of drug-likeness (QED) is 0.885. The fourth-order valence-electron chi connectivity index (χ4n) is 2.80. The molecule has 2 rings (SSSR count). The van der Waals surface area contributed by atoms with E-state index >= 15 is 0 Å². The number of nitrogens with one attached hydrogen (secondary N) is 1. The molecule has 1 fully saturated rings. The molecule has 3 nitrogen and oxygen atoms in total. The van der Waals surface area contributed by atoms with E-state index in [1.807, 2.05) is 0 Å². The Labute approximate surface area is 116 Å². The van der Waals surface area contributed by atoms with Gasteiger partial charge in [0.15, 0.2) is 0 Å². The summed E-state index contributed by atoms with van der Waals surface area (Å²) in [5.41, 5.74) is 3.89. The molecule has 0 aromatic heterocycles. The van der Waals surface area contributed by atoms with Crippen molar-refractivity contribution in [2.75, 3.05) is 18.0 Å². The van der Waals surface area contributed by atoms with E-state index in [4.69, 9.17) is 5.26 Å². The monoisotopic (exact) mass is 257 g/mol. The number of nitriles is 1. The Bertz CT molecular complexity index is 475. The first kappa shape index (κ1) is 13.9. The Balaban J connectivity index is 2.34. The Morgan fingerprint density at radius 3 is 2.84 bits per heavy atom. The molecule has 0 spiro atoms. The molecule has 3 heteroatoms. The van der Waals surface area contributed by atoms with Gasteiger partial charge in [0.2, 0.25) is 0 Å². The predicted molar refractivity (Wildman–Crippen MR) is 79.4 cm³/mol. The molecule has 1 aromatic rings. The van der Waals surface area contributed by atoms with Crippen molar-refractivity contribution in [2.45, 2.75) is 45.7 Å². The molecular formula is C16H23N3. The van der Waals surface area contributed by atoms with Crippen LogP contribution in [0.2, 0.25) is 0 Å². The highest BCUT2D eigenvalue weighted by Crippen LogP contribution is 2.26. The number of benzene rings is 1. The van der Waals surface area contributed by atoms with Crippen LogP contribution in [0.25, 0.3) is 0 Å². The normalized spacial score (nSPS) is 23.8. The van der Waals surface area contributed by atoms with E-state index in [0.717, 1.165) is 19.5 Å². The standard InChI is InChI=1S/C16H23N3/c1-12-4-5-15(10-13(12)2)19-14(3)7-9-18-11-16(19)6-8-17/h4-5,10,14,16,18H,6-7,9,11H2,1-3H3. The van der Waals surface area contributed by atoms with E-state index in [9.17, 15) is 0 Å². The van der Waals surface area contributed by atoms with E-state index < -0.39 is 0 Å². The van der Waals surface area contributed by atoms with Gasteiger partial charge in [-0.3, -0.25) is 0 Å². The summed E-state index contributed by atoms with van der Waals surface area (Å²) in [5, 5.41) is 12.5. The van der Waals surface area contributed by atoms with Crippen LogP contribution >= 0.6 is 0 Å². The van der Waals surface area contributed by atoms with Gasteiger partial charge in [-0.1, -0.05) is 6.07 Å². The van der Waals surface area contributed by atoms with Crippen molar-refractivity contribution in [1.29, 1.82) is 5.26 Å². The van der Waals surface area contributed by atoms with Crippen LogP contribution in [0.4, 0.5) is 5.69 Å². The van der Waals surface area contributed by atoms with Crippen molar-refractivity contribution in [3.63, 3.8) is 0 Å². The molecule has 1 aromatic carbocycles. The molecule has 1 aliphatic heterocycles. The minimum Gasteiger partial charge on any atom is -0.363 e. The van der Waals surface area contributed by atoms with E-state index in [2.05, 4.69) is 55.3 Å². The van der Waals surface area contributed by atoms with Gasteiger partial charge in [-0.2, -0.15) is 5.26 Å². The highest BCUT2D eigenvalue weighted by molar-refractivity contribution is 5.52. The van der Waals surface area contributed by atoms with Gasteiger partial charge in [0.1, 0.15) is 0 Å². The van der Waals surface area contributed by atoms with Crippen molar-refractivity contribution in [3.8, 4) is 6.07 Å². The highest BCUT2D eigenvalue weighted by Gasteiger charge is 2.26. The fourth-order valence-corrected chi connectivity index (χ4v) is 2.80. The van der Waals surface area contributed by atoms with Crippen LogP contribution in [0.15, 0.2) is 18.2 Å². The summed E-state index contributed by atoms with van der Waals surface area (Å²) >= 11 is 0. The molecular weight excluding hydrogens is 234 g/mol. The summed E-state index contributed by atoms with van der Waals surface area (Å²) in [6, 6.07) is 9.69. The zero-order valence-electron chi connectivity index (χ0n) is 12.1. The summed E-state index contributed by atoms with van der Waals surface area (Å²) in [7, 11) is 0. The maximum atomic E-state index is 9.06. The lowest BCUT2D eigenvalue weighted by Gasteiger charge is -2.36. The lowest BCUT2D eigenvalue weighted by Crippen LogP contribution is -2.43. The zero-order chi connectivity index (χ0) is 13.8. The molecule has 0 bridgehead atoms. The minimum absolute atomic E-state index is 0.268. The van der Waals surface area contributed by atoms with Gasteiger partial charge in [0, 0.05) is 18.3 Å². The Kier molecular flexibility index (Phi) is 4.44. The second-order valence-electron chi connectivity index (χ2n) is 5.53. The lowest BCUT2D eigenvalue weighted by atomic mass is 10.0. The molecule has 1 N–H and O–H groups in total. The summed E-state index contributed by atoms with van der Waals surface area (Å²) < 4.78 is 0. The lowest BCUT2D eigenvalue weighted by molar-refractivity contribution is 0.551. The summed E-state index contributed by atoms with van der Waals surface area (Å²) in [6.45, 7) is 8.47. The molecule has 2 unspecified atom stereocenters. The summed E-state index contributed by atoms with van der Waals surface area (Å²) in [6.07, 6.45) is 1.69. The van der Waals surface area contributed by atoms with Crippen LogP contribution in [-0.2, 0) is 0 Å². The van der Waals surface area contributed by atoms with E-state index in [1.165, 1.54) is 16.8 Å². The molecule has 0 saturated carbocycles. The molecule has 1 aliphatic rings. The number of nitrogens with zero attached hydrogens (tertiary/aromatic N) is 2. The van der Waals surface area contributed by atoms with Crippen molar-refractivity contribution in [3.05, 3.63) is 29.3 Å². The fraction of sp³-hybridized carbons (Fsp3) is 0.562. The molecule has 102 valence electrons. The summed E-state index contributed by atoms with van der Waals surface area (Å²) in [4.78, 5) is 2.43. The highest BCUT2D eigenvalue weighted by atomic mass is 15.2. The molecule has 2 atom stereocenters. The second-order valence-corrected chi connectivity index (χ2v) is 5.53. The maximum absolute atomic E-state index is 9.06. The minimum atomic E-state index is 0.268. The van der Waals surface area contributed by atoms with Gasteiger partial charge >= 0.3 is 0 Å². The molecule has 0 aliphatic carbocycles. The van der Waals surface area contributed by atoms with E-state index in [-0.39, 0.29) is 6.04 Å². The zero-order valence-corrected chi connectivity index (χ0v) is 12.1. The van der Waals surface area contributed by atoms with Gasteiger partial charge in [-0.05, 0) is 57.0 Å². The topological polar surface area (TPSA) is 39.1 Å². The number of hydrogen-bond donors (Lipinski definition) is 1. The van der Waals surface area contributed by atoms with Crippen LogP contribution in [0, 0.1) is 25.2 Å². The first-order chi connectivity index (χ1) is 9.13. The van der Waals surface area contributed by atoms with Gasteiger partial charge in [0.05, 0.1) is 18.5 Å². The van der Waals surface area contributed by atoms with Crippen LogP contribution in [0.1, 0.15) is 30.9 Å². The van der Waals surface area contributed by atoms with Crippen LogP contribution in [0.3, 0.4) is 0 Å². The van der Waals surface area contributed by atoms with Crippen LogP contribution in [-0.4, -0.2) is 25.2 Å². The van der Waals surface area contributed by atoms with Crippen molar-refractivity contribution >= 4 is 5.69 Å². The average molecular weight is 257 g/mol. The third-order valence-corrected chi connectivity index (χ3v) is 4.10. The molecule has 0 radical (unpaired) electrons. The molecule has 1 heterocycles. The molecule has 19 heavy (non-hydrogen) atoms. The van der Waals surface area contributed by atoms with E-state index in [0.29, 0.717) is 12.5 Å². The van der Waals surface area contributed by atoms with Gasteiger partial charge in [-0.25, -0.2) is 0 Å². The Morgan fingerprint density at radius 1 is 1.37 bits per heavy atom. The largest absolute Gasteiger partial charge is 0.363 e. The van der Waals surface area contributed by atoms with Crippen molar-refractivity contribution < 1.29 is 0 Å². The number of anilines is 1.